The van der Waals surface area contributed by atoms with Gasteiger partial charge in [-0.05, 0) is 18.6 Å². The number of halogens is 1. The third-order valence-electron chi connectivity index (χ3n) is 2.16. The quantitative estimate of drug-likeness (QED) is 0.675. The molecule has 0 fully saturated rings. The van der Waals surface area contributed by atoms with Crippen LogP contribution in [0.4, 0.5) is 5.69 Å². The maximum absolute atomic E-state index is 5.77. The summed E-state index contributed by atoms with van der Waals surface area (Å²) in [6.07, 6.45) is 6.06. The Kier molecular flexibility index (Phi) is 5.38. The lowest BCUT2D eigenvalue weighted by atomic mass is 10.3. The Morgan fingerprint density at radius 3 is 2.57 bits per heavy atom. The number of pyridine rings is 1. The van der Waals surface area contributed by atoms with E-state index in [1.165, 1.54) is 18.5 Å². The fourth-order valence-corrected chi connectivity index (χ4v) is 1.58. The molecule has 1 aromatic rings. The Balaban J connectivity index is 2.58. The molecule has 0 atom stereocenters. The van der Waals surface area contributed by atoms with Crippen LogP contribution in [0.5, 0.6) is 0 Å². The van der Waals surface area contributed by atoms with Gasteiger partial charge in [-0.2, -0.15) is 0 Å². The predicted octanol–water partition coefficient (Wildman–Crippen LogP) is 2.93. The molecule has 0 N–H and O–H groups in total. The maximum atomic E-state index is 5.77. The molecule has 1 heterocycles. The van der Waals surface area contributed by atoms with E-state index in [0.717, 1.165) is 13.1 Å². The van der Waals surface area contributed by atoms with Crippen molar-refractivity contribution in [2.24, 2.45) is 0 Å². The molecular formula is C11H17ClN2. The van der Waals surface area contributed by atoms with E-state index in [2.05, 4.69) is 16.8 Å². The summed E-state index contributed by atoms with van der Waals surface area (Å²) in [6, 6.07) is 4.06. The molecule has 1 aromatic heterocycles. The second-order valence-corrected chi connectivity index (χ2v) is 3.61. The van der Waals surface area contributed by atoms with Gasteiger partial charge in [-0.25, -0.2) is 0 Å². The van der Waals surface area contributed by atoms with E-state index in [9.17, 15) is 0 Å². The van der Waals surface area contributed by atoms with Gasteiger partial charge in [0.05, 0.1) is 0 Å². The number of alkyl halides is 1. The topological polar surface area (TPSA) is 16.1 Å². The molecule has 2 nitrogen and oxygen atoms in total. The van der Waals surface area contributed by atoms with Crippen molar-refractivity contribution in [3.05, 3.63) is 24.5 Å². The molecule has 0 amide bonds. The molecule has 78 valence electrons. The molecule has 0 saturated carbocycles. The van der Waals surface area contributed by atoms with Gasteiger partial charge < -0.3 is 4.90 Å². The van der Waals surface area contributed by atoms with Gasteiger partial charge in [-0.15, -0.1) is 11.6 Å². The van der Waals surface area contributed by atoms with Crippen LogP contribution in [0.25, 0.3) is 0 Å². The average Bonchev–Trinajstić information content (AvgIpc) is 2.25. The fourth-order valence-electron chi connectivity index (χ4n) is 1.38. The molecule has 0 aliphatic carbocycles. The van der Waals surface area contributed by atoms with Gasteiger partial charge in [-0.3, -0.25) is 4.98 Å². The van der Waals surface area contributed by atoms with Gasteiger partial charge >= 0.3 is 0 Å². The van der Waals surface area contributed by atoms with Crippen LogP contribution in [0.3, 0.4) is 0 Å². The minimum atomic E-state index is 0.673. The first-order valence-corrected chi connectivity index (χ1v) is 5.63. The van der Waals surface area contributed by atoms with E-state index < -0.39 is 0 Å². The number of aromatic nitrogens is 1. The van der Waals surface area contributed by atoms with Gasteiger partial charge in [0, 0.05) is 37.1 Å². The first-order valence-electron chi connectivity index (χ1n) is 5.09. The Hall–Kier alpha value is -0.760. The summed E-state index contributed by atoms with van der Waals surface area (Å²) in [7, 11) is 0. The molecule has 0 spiro atoms. The lowest BCUT2D eigenvalue weighted by molar-refractivity contribution is 0.733. The molecule has 0 aliphatic heterocycles. The number of hydrogen-bond acceptors (Lipinski definition) is 2. The highest BCUT2D eigenvalue weighted by Gasteiger charge is 2.03. The lowest BCUT2D eigenvalue weighted by Gasteiger charge is -2.23. The SMILES string of the molecule is CCCCN(CCCl)c1ccncc1. The van der Waals surface area contributed by atoms with Gasteiger partial charge in [0.15, 0.2) is 0 Å². The molecular weight excluding hydrogens is 196 g/mol. The van der Waals surface area contributed by atoms with E-state index in [4.69, 9.17) is 11.6 Å². The predicted molar refractivity (Wildman–Crippen MR) is 62.1 cm³/mol. The first-order chi connectivity index (χ1) is 6.88. The zero-order valence-corrected chi connectivity index (χ0v) is 9.37. The van der Waals surface area contributed by atoms with Crippen LogP contribution in [-0.2, 0) is 0 Å². The van der Waals surface area contributed by atoms with Gasteiger partial charge in [0.1, 0.15) is 0 Å². The Morgan fingerprint density at radius 1 is 1.29 bits per heavy atom. The molecule has 14 heavy (non-hydrogen) atoms. The molecule has 3 heteroatoms. The number of anilines is 1. The van der Waals surface area contributed by atoms with Crippen LogP contribution in [0, 0.1) is 0 Å². The van der Waals surface area contributed by atoms with Crippen molar-refractivity contribution in [1.82, 2.24) is 4.98 Å². The molecule has 0 unspecified atom stereocenters. The van der Waals surface area contributed by atoms with Crippen molar-refractivity contribution in [3.63, 3.8) is 0 Å². The largest absolute Gasteiger partial charge is 0.370 e. The molecule has 0 radical (unpaired) electrons. The molecule has 0 saturated heterocycles. The second kappa shape index (κ2) is 6.66. The van der Waals surface area contributed by atoms with Crippen LogP contribution in [-0.4, -0.2) is 24.0 Å². The summed E-state index contributed by atoms with van der Waals surface area (Å²) in [6.45, 7) is 4.18. The molecule has 0 bridgehead atoms. The number of nitrogens with zero attached hydrogens (tertiary/aromatic N) is 2. The van der Waals surface area contributed by atoms with Gasteiger partial charge in [-0.1, -0.05) is 13.3 Å². The summed E-state index contributed by atoms with van der Waals surface area (Å²) in [5.74, 6) is 0.673. The highest BCUT2D eigenvalue weighted by atomic mass is 35.5. The van der Waals surface area contributed by atoms with Gasteiger partial charge in [0.2, 0.25) is 0 Å². The summed E-state index contributed by atoms with van der Waals surface area (Å²) in [5, 5.41) is 0. The first kappa shape index (κ1) is 11.3. The summed E-state index contributed by atoms with van der Waals surface area (Å²) >= 11 is 5.77. The highest BCUT2D eigenvalue weighted by Crippen LogP contribution is 2.12. The standard InChI is InChI=1S/C11H17ClN2/c1-2-3-9-14(10-6-12)11-4-7-13-8-5-11/h4-5,7-8H,2-3,6,9-10H2,1H3. The molecule has 1 rings (SSSR count). The monoisotopic (exact) mass is 212 g/mol. The van der Waals surface area contributed by atoms with Crippen molar-refractivity contribution in [2.45, 2.75) is 19.8 Å². The highest BCUT2D eigenvalue weighted by molar-refractivity contribution is 6.18. The van der Waals surface area contributed by atoms with Crippen molar-refractivity contribution in [1.29, 1.82) is 0 Å². The van der Waals surface area contributed by atoms with E-state index in [0.29, 0.717) is 5.88 Å². The third-order valence-corrected chi connectivity index (χ3v) is 2.33. The smallest absolute Gasteiger partial charge is 0.0399 e. The van der Waals surface area contributed by atoms with Crippen LogP contribution >= 0.6 is 11.6 Å². The van der Waals surface area contributed by atoms with Crippen molar-refractivity contribution < 1.29 is 0 Å². The normalized spacial score (nSPS) is 10.1. The van der Waals surface area contributed by atoms with Crippen LogP contribution in [0.2, 0.25) is 0 Å². The zero-order chi connectivity index (χ0) is 10.2. The second-order valence-electron chi connectivity index (χ2n) is 3.23. The summed E-state index contributed by atoms with van der Waals surface area (Å²) in [5.41, 5.74) is 1.22. The fraction of sp³-hybridized carbons (Fsp3) is 0.545. The average molecular weight is 213 g/mol. The van der Waals surface area contributed by atoms with Crippen LogP contribution in [0.15, 0.2) is 24.5 Å². The van der Waals surface area contributed by atoms with Crippen molar-refractivity contribution in [3.8, 4) is 0 Å². The van der Waals surface area contributed by atoms with Crippen LogP contribution in [0.1, 0.15) is 19.8 Å². The lowest BCUT2D eigenvalue weighted by Crippen LogP contribution is -2.26. The molecule has 0 aliphatic rings. The number of unbranched alkanes of at least 4 members (excludes halogenated alkanes) is 1. The Bertz CT molecular complexity index is 238. The summed E-state index contributed by atoms with van der Waals surface area (Å²) in [4.78, 5) is 6.31. The molecule has 0 aromatic carbocycles. The van der Waals surface area contributed by atoms with Gasteiger partial charge in [0.25, 0.3) is 0 Å². The van der Waals surface area contributed by atoms with Crippen molar-refractivity contribution in [2.75, 3.05) is 23.9 Å². The maximum Gasteiger partial charge on any atom is 0.0399 e. The number of rotatable bonds is 6. The summed E-state index contributed by atoms with van der Waals surface area (Å²) < 4.78 is 0. The zero-order valence-electron chi connectivity index (χ0n) is 8.62. The third kappa shape index (κ3) is 3.54. The van der Waals surface area contributed by atoms with E-state index in [-0.39, 0.29) is 0 Å². The van der Waals surface area contributed by atoms with Crippen LogP contribution < -0.4 is 4.90 Å². The van der Waals surface area contributed by atoms with E-state index in [1.54, 1.807) is 0 Å². The number of hydrogen-bond donors (Lipinski definition) is 0. The van der Waals surface area contributed by atoms with E-state index >= 15 is 0 Å². The van der Waals surface area contributed by atoms with Crippen molar-refractivity contribution >= 4 is 17.3 Å². The Labute approximate surface area is 90.9 Å². The Morgan fingerprint density at radius 2 is 2.00 bits per heavy atom. The van der Waals surface area contributed by atoms with E-state index in [1.807, 2.05) is 24.5 Å². The minimum absolute atomic E-state index is 0.673. The minimum Gasteiger partial charge on any atom is -0.370 e.